The first-order valence-electron chi connectivity index (χ1n) is 10.8. The first-order chi connectivity index (χ1) is 13.6. The molecule has 1 aromatic carbocycles. The number of carbonyl (C=O) groups excluding carboxylic acids is 1. The first-order valence-corrected chi connectivity index (χ1v) is 10.8. The van der Waals surface area contributed by atoms with Crippen LogP contribution in [0, 0.1) is 5.41 Å². The fraction of sp³-hybridized carbons (Fsp3) is 0.696. The molecule has 3 aliphatic carbocycles. The molecule has 6 aliphatic rings. The van der Waals surface area contributed by atoms with Gasteiger partial charge in [-0.2, -0.15) is 0 Å². The van der Waals surface area contributed by atoms with Gasteiger partial charge in [0, 0.05) is 37.5 Å². The Labute approximate surface area is 167 Å². The fourth-order valence-corrected chi connectivity index (χ4v) is 8.66. The molecule has 0 N–H and O–H groups in total. The minimum atomic E-state index is -0.105. The van der Waals surface area contributed by atoms with Gasteiger partial charge in [-0.1, -0.05) is 12.1 Å². The van der Waals surface area contributed by atoms with E-state index in [1.54, 1.807) is 14.0 Å². The van der Waals surface area contributed by atoms with Gasteiger partial charge in [-0.15, -0.1) is 0 Å². The molecule has 0 unspecified atom stereocenters. The Balaban J connectivity index is 1.67. The number of nitrogens with zero attached hydrogens (tertiary/aromatic N) is 2. The van der Waals surface area contributed by atoms with E-state index in [0.29, 0.717) is 12.1 Å². The Morgan fingerprint density at radius 3 is 2.57 bits per heavy atom. The number of amides is 1. The van der Waals surface area contributed by atoms with Crippen LogP contribution in [0.15, 0.2) is 18.2 Å². The number of ether oxygens (including phenoxy) is 2. The van der Waals surface area contributed by atoms with Crippen LogP contribution in [-0.2, 0) is 14.9 Å². The largest absolute Gasteiger partial charge is 0.495 e. The second-order valence-electron chi connectivity index (χ2n) is 9.65. The zero-order valence-electron chi connectivity index (χ0n) is 17.2. The van der Waals surface area contributed by atoms with Crippen molar-refractivity contribution in [1.29, 1.82) is 0 Å². The van der Waals surface area contributed by atoms with Crippen molar-refractivity contribution in [3.8, 4) is 5.75 Å². The number of hydrogen-bond acceptors (Lipinski definition) is 4. The van der Waals surface area contributed by atoms with Crippen LogP contribution < -0.4 is 9.64 Å². The Morgan fingerprint density at radius 1 is 1.11 bits per heavy atom. The van der Waals surface area contributed by atoms with Gasteiger partial charge >= 0.3 is 0 Å². The summed E-state index contributed by atoms with van der Waals surface area (Å²) in [6.07, 6.45) is 7.09. The molecule has 3 spiro atoms. The van der Waals surface area contributed by atoms with Crippen molar-refractivity contribution in [2.45, 2.75) is 68.5 Å². The van der Waals surface area contributed by atoms with Gasteiger partial charge in [-0.05, 0) is 56.7 Å². The smallest absolute Gasteiger partial charge is 0.224 e. The lowest BCUT2D eigenvalue weighted by molar-refractivity contribution is -0.177. The van der Waals surface area contributed by atoms with Crippen LogP contribution in [0.5, 0.6) is 5.75 Å². The molecule has 0 radical (unpaired) electrons. The lowest BCUT2D eigenvalue weighted by atomic mass is 9.41. The third kappa shape index (κ3) is 1.57. The maximum Gasteiger partial charge on any atom is 0.224 e. The normalized spacial score (nSPS) is 42.9. The van der Waals surface area contributed by atoms with Crippen molar-refractivity contribution in [2.24, 2.45) is 5.41 Å². The standard InChI is InChI=1S/C23H30N2O3/c1-15(26)25-19-16(5-4-6-17(19)27-2)23-12-14-24-13-7-18(28-3)21(20(23)24)8-10-22(23,25)11-9-21/h4-6,18,20H,7-14H2,1-3H3/t18-,20+,21?,22?,23-/m1/s1. The molecule has 3 atom stereocenters. The lowest BCUT2D eigenvalue weighted by Crippen LogP contribution is -2.77. The Morgan fingerprint density at radius 2 is 1.89 bits per heavy atom. The van der Waals surface area contributed by atoms with Gasteiger partial charge in [0.2, 0.25) is 5.91 Å². The first kappa shape index (κ1) is 17.3. The third-order valence-electron chi connectivity index (χ3n) is 9.28. The van der Waals surface area contributed by atoms with Gasteiger partial charge in [0.15, 0.2) is 0 Å². The molecule has 5 heteroatoms. The Hall–Kier alpha value is -1.59. The van der Waals surface area contributed by atoms with Gasteiger partial charge in [0.05, 0.1) is 24.4 Å². The van der Waals surface area contributed by atoms with Crippen molar-refractivity contribution < 1.29 is 14.3 Å². The number of rotatable bonds is 2. The molecule has 3 aliphatic heterocycles. The molecule has 3 saturated carbocycles. The second-order valence-corrected chi connectivity index (χ2v) is 9.65. The Bertz CT molecular complexity index is 859. The van der Waals surface area contributed by atoms with Gasteiger partial charge in [0.25, 0.3) is 0 Å². The highest BCUT2D eigenvalue weighted by atomic mass is 16.5. The minimum Gasteiger partial charge on any atom is -0.495 e. The number of methoxy groups -OCH3 is 2. The van der Waals surface area contributed by atoms with E-state index in [-0.39, 0.29) is 22.3 Å². The maximum atomic E-state index is 13.1. The van der Waals surface area contributed by atoms with Crippen molar-refractivity contribution >= 4 is 11.6 Å². The van der Waals surface area contributed by atoms with Gasteiger partial charge in [0.1, 0.15) is 5.75 Å². The summed E-state index contributed by atoms with van der Waals surface area (Å²) in [6.45, 7) is 3.99. The van der Waals surface area contributed by atoms with Crippen LogP contribution >= 0.6 is 0 Å². The van der Waals surface area contributed by atoms with Gasteiger partial charge in [-0.25, -0.2) is 0 Å². The Kier molecular flexibility index (Phi) is 3.28. The highest BCUT2D eigenvalue weighted by Gasteiger charge is 2.79. The quantitative estimate of drug-likeness (QED) is 0.788. The molecule has 1 amide bonds. The summed E-state index contributed by atoms with van der Waals surface area (Å²) in [6, 6.07) is 6.90. The summed E-state index contributed by atoms with van der Waals surface area (Å²) in [5.41, 5.74) is 2.54. The number of benzene rings is 1. The molecule has 7 rings (SSSR count). The predicted molar refractivity (Wildman–Crippen MR) is 107 cm³/mol. The molecule has 1 aromatic rings. The topological polar surface area (TPSA) is 42.0 Å². The van der Waals surface area contributed by atoms with Crippen LogP contribution in [0.1, 0.15) is 51.0 Å². The summed E-state index contributed by atoms with van der Waals surface area (Å²) in [7, 11) is 3.63. The number of piperidine rings is 1. The number of fused-ring (bicyclic) bond motifs is 3. The molecule has 3 heterocycles. The number of para-hydroxylation sites is 1. The van der Waals surface area contributed by atoms with Crippen molar-refractivity contribution in [1.82, 2.24) is 4.90 Å². The average molecular weight is 383 g/mol. The van der Waals surface area contributed by atoms with Crippen molar-refractivity contribution in [2.75, 3.05) is 32.2 Å². The second kappa shape index (κ2) is 5.31. The maximum absolute atomic E-state index is 13.1. The molecular formula is C23H30N2O3. The SMILES string of the molecule is COc1cccc2c1N(C(C)=O)C13CCC4(CC1)[C@H](OC)CCN1CC[C@]23[C@@H]14. The average Bonchev–Trinajstić information content (AvgIpc) is 3.24. The van der Waals surface area contributed by atoms with Crippen LogP contribution in [0.4, 0.5) is 5.69 Å². The zero-order chi connectivity index (χ0) is 19.3. The molecule has 0 aromatic heterocycles. The molecular weight excluding hydrogens is 352 g/mol. The van der Waals surface area contributed by atoms with E-state index in [4.69, 9.17) is 9.47 Å². The zero-order valence-corrected chi connectivity index (χ0v) is 17.2. The van der Waals surface area contributed by atoms with E-state index in [9.17, 15) is 4.79 Å². The summed E-state index contributed by atoms with van der Waals surface area (Å²) >= 11 is 0. The summed E-state index contributed by atoms with van der Waals surface area (Å²) in [5.74, 6) is 1.01. The van der Waals surface area contributed by atoms with Crippen molar-refractivity contribution in [3.63, 3.8) is 0 Å². The van der Waals surface area contributed by atoms with E-state index in [2.05, 4.69) is 21.9 Å². The molecule has 5 fully saturated rings. The van der Waals surface area contributed by atoms with E-state index < -0.39 is 0 Å². The number of hydrogen-bond donors (Lipinski definition) is 0. The third-order valence-corrected chi connectivity index (χ3v) is 9.28. The van der Waals surface area contributed by atoms with Crippen LogP contribution in [0.25, 0.3) is 0 Å². The summed E-state index contributed by atoms with van der Waals surface area (Å²) in [4.78, 5) is 18.0. The molecule has 28 heavy (non-hydrogen) atoms. The minimum absolute atomic E-state index is 0.0102. The van der Waals surface area contributed by atoms with Gasteiger partial charge < -0.3 is 14.4 Å². The van der Waals surface area contributed by atoms with E-state index in [1.807, 2.05) is 13.2 Å². The van der Waals surface area contributed by atoms with Crippen LogP contribution in [0.3, 0.4) is 0 Å². The lowest BCUT2D eigenvalue weighted by Gasteiger charge is -2.69. The predicted octanol–water partition coefficient (Wildman–Crippen LogP) is 3.11. The van der Waals surface area contributed by atoms with Crippen molar-refractivity contribution in [3.05, 3.63) is 23.8 Å². The fourth-order valence-electron chi connectivity index (χ4n) is 8.66. The summed E-state index contributed by atoms with van der Waals surface area (Å²) < 4.78 is 11.9. The van der Waals surface area contributed by atoms with E-state index in [0.717, 1.165) is 63.1 Å². The van der Waals surface area contributed by atoms with Crippen LogP contribution in [-0.4, -0.2) is 55.8 Å². The van der Waals surface area contributed by atoms with E-state index in [1.165, 1.54) is 5.56 Å². The number of carbonyl (C=O) groups is 1. The van der Waals surface area contributed by atoms with Gasteiger partial charge in [-0.3, -0.25) is 9.69 Å². The van der Waals surface area contributed by atoms with E-state index >= 15 is 0 Å². The summed E-state index contributed by atoms with van der Waals surface area (Å²) in [5, 5.41) is 0. The highest BCUT2D eigenvalue weighted by Crippen LogP contribution is 2.75. The monoisotopic (exact) mass is 382 g/mol. The molecule has 5 nitrogen and oxygen atoms in total. The van der Waals surface area contributed by atoms with Crippen LogP contribution in [0.2, 0.25) is 0 Å². The molecule has 2 bridgehead atoms. The highest BCUT2D eigenvalue weighted by molar-refractivity contribution is 5.99. The molecule has 2 saturated heterocycles. The molecule has 150 valence electrons. The number of anilines is 1.